The summed E-state index contributed by atoms with van der Waals surface area (Å²) in [6, 6.07) is 7.29. The molecular weight excluding hydrogens is 192 g/mol. The standard InChI is InChI=1S/C12H18O3/c1-12(2,8-13)11(14)9-6-4-5-7-10(9)15-3/h4-7,11,13-14H,8H2,1-3H3. The lowest BCUT2D eigenvalue weighted by atomic mass is 9.83. The molecule has 0 aromatic heterocycles. The first-order valence-electron chi connectivity index (χ1n) is 4.95. The molecule has 0 bridgehead atoms. The van der Waals surface area contributed by atoms with Gasteiger partial charge in [-0.25, -0.2) is 0 Å². The fraction of sp³-hybridized carbons (Fsp3) is 0.500. The topological polar surface area (TPSA) is 49.7 Å². The van der Waals surface area contributed by atoms with Gasteiger partial charge in [0.05, 0.1) is 19.8 Å². The number of rotatable bonds is 4. The third-order valence-electron chi connectivity index (χ3n) is 2.58. The number of hydrogen-bond acceptors (Lipinski definition) is 3. The fourth-order valence-corrected chi connectivity index (χ4v) is 1.40. The van der Waals surface area contributed by atoms with Gasteiger partial charge in [-0.3, -0.25) is 0 Å². The number of hydrogen-bond donors (Lipinski definition) is 2. The molecule has 3 heteroatoms. The Morgan fingerprint density at radius 1 is 1.33 bits per heavy atom. The van der Waals surface area contributed by atoms with Crippen molar-refractivity contribution in [2.45, 2.75) is 20.0 Å². The van der Waals surface area contributed by atoms with Crippen LogP contribution < -0.4 is 4.74 Å². The summed E-state index contributed by atoms with van der Waals surface area (Å²) in [6.07, 6.45) is -0.737. The molecule has 3 nitrogen and oxygen atoms in total. The first kappa shape index (κ1) is 12.0. The van der Waals surface area contributed by atoms with Crippen LogP contribution in [-0.2, 0) is 0 Å². The summed E-state index contributed by atoms with van der Waals surface area (Å²) in [5.41, 5.74) is 0.133. The van der Waals surface area contributed by atoms with Crippen LogP contribution in [0.15, 0.2) is 24.3 Å². The molecule has 0 fully saturated rings. The Hall–Kier alpha value is -1.06. The highest BCUT2D eigenvalue weighted by Crippen LogP contribution is 2.36. The van der Waals surface area contributed by atoms with Gasteiger partial charge in [-0.05, 0) is 6.07 Å². The van der Waals surface area contributed by atoms with Crippen molar-refractivity contribution in [1.29, 1.82) is 0 Å². The van der Waals surface area contributed by atoms with Crippen LogP contribution in [0.25, 0.3) is 0 Å². The maximum atomic E-state index is 10.1. The third-order valence-corrected chi connectivity index (χ3v) is 2.58. The fourth-order valence-electron chi connectivity index (χ4n) is 1.40. The van der Waals surface area contributed by atoms with E-state index in [9.17, 15) is 10.2 Å². The Bertz CT molecular complexity index is 320. The molecule has 0 radical (unpaired) electrons. The molecule has 0 heterocycles. The molecule has 1 aromatic rings. The molecule has 0 spiro atoms. The highest BCUT2D eigenvalue weighted by atomic mass is 16.5. The smallest absolute Gasteiger partial charge is 0.124 e. The molecule has 15 heavy (non-hydrogen) atoms. The lowest BCUT2D eigenvalue weighted by molar-refractivity contribution is 0.00505. The summed E-state index contributed by atoms with van der Waals surface area (Å²) in [7, 11) is 1.57. The normalized spacial score (nSPS) is 13.7. The van der Waals surface area contributed by atoms with Crippen molar-refractivity contribution in [2.75, 3.05) is 13.7 Å². The molecular formula is C12H18O3. The minimum atomic E-state index is -0.737. The van der Waals surface area contributed by atoms with E-state index in [1.165, 1.54) is 0 Å². The second-order valence-corrected chi connectivity index (χ2v) is 4.29. The van der Waals surface area contributed by atoms with Crippen LogP contribution in [0.1, 0.15) is 25.5 Å². The highest BCUT2D eigenvalue weighted by molar-refractivity contribution is 5.35. The first-order chi connectivity index (χ1) is 7.03. The Morgan fingerprint density at radius 3 is 2.47 bits per heavy atom. The van der Waals surface area contributed by atoms with Crippen LogP contribution in [-0.4, -0.2) is 23.9 Å². The summed E-state index contributed by atoms with van der Waals surface area (Å²) in [6.45, 7) is 3.54. The Labute approximate surface area is 90.3 Å². The van der Waals surface area contributed by atoms with Crippen LogP contribution in [0, 0.1) is 5.41 Å². The summed E-state index contributed by atoms with van der Waals surface area (Å²) in [5.74, 6) is 0.645. The van der Waals surface area contributed by atoms with Gasteiger partial charge in [0.25, 0.3) is 0 Å². The number of aliphatic hydroxyl groups is 2. The molecule has 0 amide bonds. The van der Waals surface area contributed by atoms with Gasteiger partial charge in [0, 0.05) is 11.0 Å². The van der Waals surface area contributed by atoms with Crippen molar-refractivity contribution in [3.8, 4) is 5.75 Å². The van der Waals surface area contributed by atoms with Crippen LogP contribution >= 0.6 is 0 Å². The molecule has 0 aliphatic heterocycles. The van der Waals surface area contributed by atoms with Crippen LogP contribution in [0.3, 0.4) is 0 Å². The van der Waals surface area contributed by atoms with E-state index in [4.69, 9.17) is 4.74 Å². The Kier molecular flexibility index (Phi) is 3.72. The number of aliphatic hydroxyl groups excluding tert-OH is 2. The maximum Gasteiger partial charge on any atom is 0.124 e. The maximum absolute atomic E-state index is 10.1. The quantitative estimate of drug-likeness (QED) is 0.796. The largest absolute Gasteiger partial charge is 0.496 e. The van der Waals surface area contributed by atoms with Gasteiger partial charge in [-0.1, -0.05) is 32.0 Å². The average molecular weight is 210 g/mol. The van der Waals surface area contributed by atoms with Gasteiger partial charge in [0.2, 0.25) is 0 Å². The van der Waals surface area contributed by atoms with Crippen LogP contribution in [0.5, 0.6) is 5.75 Å². The summed E-state index contributed by atoms with van der Waals surface area (Å²) in [4.78, 5) is 0. The molecule has 2 N–H and O–H groups in total. The third kappa shape index (κ3) is 2.49. The molecule has 1 unspecified atom stereocenters. The molecule has 0 saturated heterocycles. The van der Waals surface area contributed by atoms with Crippen molar-refractivity contribution in [2.24, 2.45) is 5.41 Å². The number of benzene rings is 1. The van der Waals surface area contributed by atoms with E-state index in [1.54, 1.807) is 19.2 Å². The second-order valence-electron chi connectivity index (χ2n) is 4.29. The van der Waals surface area contributed by atoms with E-state index in [-0.39, 0.29) is 6.61 Å². The van der Waals surface area contributed by atoms with E-state index in [2.05, 4.69) is 0 Å². The van der Waals surface area contributed by atoms with E-state index < -0.39 is 11.5 Å². The lowest BCUT2D eigenvalue weighted by Gasteiger charge is -2.29. The summed E-state index contributed by atoms with van der Waals surface area (Å²) >= 11 is 0. The zero-order valence-corrected chi connectivity index (χ0v) is 9.40. The molecule has 0 saturated carbocycles. The molecule has 0 aliphatic rings. The highest BCUT2D eigenvalue weighted by Gasteiger charge is 2.30. The SMILES string of the molecule is COc1ccccc1C(O)C(C)(C)CO. The van der Waals surface area contributed by atoms with Gasteiger partial charge in [-0.2, -0.15) is 0 Å². The van der Waals surface area contributed by atoms with E-state index in [1.807, 2.05) is 26.0 Å². The van der Waals surface area contributed by atoms with Gasteiger partial charge in [0.15, 0.2) is 0 Å². The monoisotopic (exact) mass is 210 g/mol. The number of ether oxygens (including phenoxy) is 1. The summed E-state index contributed by atoms with van der Waals surface area (Å²) in [5, 5.41) is 19.3. The zero-order valence-electron chi connectivity index (χ0n) is 9.40. The number of para-hydroxylation sites is 1. The van der Waals surface area contributed by atoms with Crippen molar-refractivity contribution in [3.63, 3.8) is 0 Å². The number of methoxy groups -OCH3 is 1. The van der Waals surface area contributed by atoms with Crippen molar-refractivity contribution in [3.05, 3.63) is 29.8 Å². The van der Waals surface area contributed by atoms with Crippen molar-refractivity contribution < 1.29 is 14.9 Å². The Balaban J connectivity index is 3.05. The zero-order chi connectivity index (χ0) is 11.5. The van der Waals surface area contributed by atoms with E-state index >= 15 is 0 Å². The predicted molar refractivity (Wildman–Crippen MR) is 58.8 cm³/mol. The van der Waals surface area contributed by atoms with Crippen molar-refractivity contribution in [1.82, 2.24) is 0 Å². The molecule has 1 atom stereocenters. The van der Waals surface area contributed by atoms with Crippen LogP contribution in [0.2, 0.25) is 0 Å². The van der Waals surface area contributed by atoms with Gasteiger partial charge < -0.3 is 14.9 Å². The lowest BCUT2D eigenvalue weighted by Crippen LogP contribution is -2.26. The molecule has 0 aliphatic carbocycles. The van der Waals surface area contributed by atoms with Gasteiger partial charge in [0.1, 0.15) is 5.75 Å². The first-order valence-corrected chi connectivity index (χ1v) is 4.95. The molecule has 84 valence electrons. The van der Waals surface area contributed by atoms with E-state index in [0.717, 1.165) is 0 Å². The molecule has 1 aromatic carbocycles. The summed E-state index contributed by atoms with van der Waals surface area (Å²) < 4.78 is 5.16. The average Bonchev–Trinajstić information content (AvgIpc) is 2.28. The minimum Gasteiger partial charge on any atom is -0.496 e. The Morgan fingerprint density at radius 2 is 1.93 bits per heavy atom. The van der Waals surface area contributed by atoms with Gasteiger partial charge >= 0.3 is 0 Å². The van der Waals surface area contributed by atoms with Crippen LogP contribution in [0.4, 0.5) is 0 Å². The van der Waals surface area contributed by atoms with Crippen molar-refractivity contribution >= 4 is 0 Å². The predicted octanol–water partition coefficient (Wildman–Crippen LogP) is 1.75. The minimum absolute atomic E-state index is 0.0772. The molecule has 1 rings (SSSR count). The van der Waals surface area contributed by atoms with E-state index in [0.29, 0.717) is 11.3 Å². The van der Waals surface area contributed by atoms with Gasteiger partial charge in [-0.15, -0.1) is 0 Å². The second kappa shape index (κ2) is 4.64.